The summed E-state index contributed by atoms with van der Waals surface area (Å²) in [5.74, 6) is -0.782. The van der Waals surface area contributed by atoms with E-state index in [2.05, 4.69) is 15.5 Å². The zero-order chi connectivity index (χ0) is 21.2. The highest BCUT2D eigenvalue weighted by molar-refractivity contribution is 6.31. The maximum absolute atomic E-state index is 12.8. The quantitative estimate of drug-likeness (QED) is 0.419. The first-order valence-corrected chi connectivity index (χ1v) is 8.59. The Kier molecular flexibility index (Phi) is 6.32. The number of carbonyl (C=O) groups excluding carboxylic acids is 1. The summed E-state index contributed by atoms with van der Waals surface area (Å²) in [6.45, 7) is 4.85. The van der Waals surface area contributed by atoms with Gasteiger partial charge in [-0.15, -0.1) is 0 Å². The highest BCUT2D eigenvalue weighted by Crippen LogP contribution is 2.35. The number of carbonyl (C=O) groups is 1. The maximum atomic E-state index is 12.8. The molecule has 0 fully saturated rings. The van der Waals surface area contributed by atoms with Crippen LogP contribution in [0, 0.1) is 24.0 Å². The minimum absolute atomic E-state index is 0.128. The maximum Gasteiger partial charge on any atom is 0.436 e. The van der Waals surface area contributed by atoms with E-state index in [1.807, 2.05) is 0 Å². The van der Waals surface area contributed by atoms with Crippen molar-refractivity contribution in [2.24, 2.45) is 0 Å². The van der Waals surface area contributed by atoms with Crippen LogP contribution in [0.15, 0.2) is 6.07 Å². The largest absolute Gasteiger partial charge is 0.436 e. The average Bonchev–Trinajstić information content (AvgIpc) is 3.12. The highest BCUT2D eigenvalue weighted by Gasteiger charge is 2.38. The average molecular weight is 423 g/mol. The Bertz CT molecular complexity index is 892. The van der Waals surface area contributed by atoms with E-state index in [0.29, 0.717) is 12.1 Å². The molecule has 2 aromatic rings. The van der Waals surface area contributed by atoms with Crippen molar-refractivity contribution >= 4 is 23.3 Å². The number of nitrogens with one attached hydrogen (secondary N) is 1. The standard InChI is InChI=1S/C15H18ClF3N6O3/c1-8-7-11(25(27)28)21-24(8)10(3)14(26)20-5-4-6-23-9(2)12(16)13(22-23)15(17,18)19/h7,10H,4-6H2,1-3H3,(H,20,26). The molecule has 2 aromatic heterocycles. The van der Waals surface area contributed by atoms with Crippen LogP contribution in [-0.4, -0.2) is 36.9 Å². The molecule has 0 aliphatic rings. The van der Waals surface area contributed by atoms with Crippen molar-refractivity contribution in [2.45, 2.75) is 46.0 Å². The summed E-state index contributed by atoms with van der Waals surface area (Å²) in [6.07, 6.45) is -4.33. The Morgan fingerprint density at radius 2 is 2.04 bits per heavy atom. The van der Waals surface area contributed by atoms with Crippen molar-refractivity contribution < 1.29 is 22.9 Å². The van der Waals surface area contributed by atoms with E-state index in [1.165, 1.54) is 24.6 Å². The topological polar surface area (TPSA) is 108 Å². The van der Waals surface area contributed by atoms with Crippen LogP contribution in [0.1, 0.15) is 36.5 Å². The minimum Gasteiger partial charge on any atom is -0.358 e. The molecule has 0 aromatic carbocycles. The zero-order valence-electron chi connectivity index (χ0n) is 15.2. The molecular weight excluding hydrogens is 405 g/mol. The third-order valence-electron chi connectivity index (χ3n) is 4.09. The van der Waals surface area contributed by atoms with Crippen LogP contribution in [0.3, 0.4) is 0 Å². The van der Waals surface area contributed by atoms with Gasteiger partial charge in [0.1, 0.15) is 6.04 Å². The van der Waals surface area contributed by atoms with E-state index >= 15 is 0 Å². The number of aryl methyl sites for hydroxylation is 2. The van der Waals surface area contributed by atoms with Crippen LogP contribution in [0.4, 0.5) is 19.0 Å². The fourth-order valence-electron chi connectivity index (χ4n) is 2.57. The number of hydrogen-bond donors (Lipinski definition) is 1. The van der Waals surface area contributed by atoms with Crippen molar-refractivity contribution in [1.82, 2.24) is 24.9 Å². The van der Waals surface area contributed by atoms with Gasteiger partial charge in [-0.1, -0.05) is 11.6 Å². The normalized spacial score (nSPS) is 12.8. The first kappa shape index (κ1) is 21.7. The van der Waals surface area contributed by atoms with E-state index in [9.17, 15) is 28.1 Å². The van der Waals surface area contributed by atoms with Gasteiger partial charge in [0.05, 0.1) is 27.6 Å². The second-order valence-corrected chi connectivity index (χ2v) is 6.51. The monoisotopic (exact) mass is 422 g/mol. The van der Waals surface area contributed by atoms with Gasteiger partial charge in [-0.25, -0.2) is 0 Å². The Labute approximate surface area is 162 Å². The SMILES string of the molecule is Cc1c(Cl)c(C(F)(F)F)nn1CCCNC(=O)C(C)n1nc([N+](=O)[O-])cc1C. The van der Waals surface area contributed by atoms with Crippen LogP contribution >= 0.6 is 11.6 Å². The Hall–Kier alpha value is -2.63. The Morgan fingerprint density at radius 1 is 1.39 bits per heavy atom. The van der Waals surface area contributed by atoms with E-state index in [-0.39, 0.29) is 24.6 Å². The molecule has 0 aliphatic heterocycles. The molecule has 9 nitrogen and oxygen atoms in total. The van der Waals surface area contributed by atoms with Gasteiger partial charge in [-0.05, 0) is 32.1 Å². The number of aromatic nitrogens is 4. The molecular formula is C15H18ClF3N6O3. The minimum atomic E-state index is -4.64. The number of rotatable bonds is 7. The van der Waals surface area contributed by atoms with Gasteiger partial charge < -0.3 is 15.4 Å². The molecule has 13 heteroatoms. The Balaban J connectivity index is 1.92. The molecule has 0 spiro atoms. The van der Waals surface area contributed by atoms with Crippen LogP contribution in [-0.2, 0) is 17.5 Å². The molecule has 1 N–H and O–H groups in total. The number of halogens is 4. The first-order valence-electron chi connectivity index (χ1n) is 8.21. The summed E-state index contributed by atoms with van der Waals surface area (Å²) in [7, 11) is 0. The third-order valence-corrected chi connectivity index (χ3v) is 4.54. The summed E-state index contributed by atoms with van der Waals surface area (Å²) < 4.78 is 40.8. The molecule has 28 heavy (non-hydrogen) atoms. The lowest BCUT2D eigenvalue weighted by Gasteiger charge is -2.11. The van der Waals surface area contributed by atoms with Crippen molar-refractivity contribution in [1.29, 1.82) is 0 Å². The number of nitrogens with zero attached hydrogens (tertiary/aromatic N) is 5. The molecule has 2 rings (SSSR count). The summed E-state index contributed by atoms with van der Waals surface area (Å²) in [4.78, 5) is 22.3. The first-order chi connectivity index (χ1) is 12.9. The van der Waals surface area contributed by atoms with Crippen LogP contribution in [0.2, 0.25) is 5.02 Å². The highest BCUT2D eigenvalue weighted by atomic mass is 35.5. The summed E-state index contributed by atoms with van der Waals surface area (Å²) >= 11 is 5.68. The molecule has 1 amide bonds. The van der Waals surface area contributed by atoms with Crippen LogP contribution < -0.4 is 5.32 Å². The van der Waals surface area contributed by atoms with Gasteiger partial charge in [0.25, 0.3) is 0 Å². The number of nitro groups is 1. The van der Waals surface area contributed by atoms with Gasteiger partial charge >= 0.3 is 12.0 Å². The van der Waals surface area contributed by atoms with Crippen molar-refractivity contribution in [3.05, 3.63) is 38.3 Å². The lowest BCUT2D eigenvalue weighted by molar-refractivity contribution is -0.389. The van der Waals surface area contributed by atoms with Gasteiger partial charge in [0, 0.05) is 13.1 Å². The molecule has 0 saturated heterocycles. The van der Waals surface area contributed by atoms with E-state index in [0.717, 1.165) is 4.68 Å². The lowest BCUT2D eigenvalue weighted by atomic mass is 10.3. The van der Waals surface area contributed by atoms with E-state index < -0.39 is 33.8 Å². The van der Waals surface area contributed by atoms with Crippen molar-refractivity contribution in [3.63, 3.8) is 0 Å². The fraction of sp³-hybridized carbons (Fsp3) is 0.533. The predicted molar refractivity (Wildman–Crippen MR) is 92.9 cm³/mol. The van der Waals surface area contributed by atoms with Gasteiger partial charge in [-0.2, -0.15) is 23.0 Å². The zero-order valence-corrected chi connectivity index (χ0v) is 16.0. The van der Waals surface area contributed by atoms with Gasteiger partial charge in [0.2, 0.25) is 5.91 Å². The molecule has 1 unspecified atom stereocenters. The third kappa shape index (κ3) is 4.61. The van der Waals surface area contributed by atoms with E-state index in [1.54, 1.807) is 6.92 Å². The van der Waals surface area contributed by atoms with Gasteiger partial charge in [-0.3, -0.25) is 9.48 Å². The summed E-state index contributed by atoms with van der Waals surface area (Å²) in [5, 5.41) is 20.2. The summed E-state index contributed by atoms with van der Waals surface area (Å²) in [6, 6.07) is 0.470. The van der Waals surface area contributed by atoms with Crippen molar-refractivity contribution in [3.8, 4) is 0 Å². The van der Waals surface area contributed by atoms with E-state index in [4.69, 9.17) is 11.6 Å². The molecule has 0 bridgehead atoms. The predicted octanol–water partition coefficient (Wildman–Crippen LogP) is 3.04. The van der Waals surface area contributed by atoms with Crippen molar-refractivity contribution in [2.75, 3.05) is 6.54 Å². The number of alkyl halides is 3. The number of amides is 1. The lowest BCUT2D eigenvalue weighted by Crippen LogP contribution is -2.33. The van der Waals surface area contributed by atoms with Crippen LogP contribution in [0.25, 0.3) is 0 Å². The van der Waals surface area contributed by atoms with Crippen LogP contribution in [0.5, 0.6) is 0 Å². The summed E-state index contributed by atoms with van der Waals surface area (Å²) in [5.41, 5.74) is -0.496. The molecule has 154 valence electrons. The second kappa shape index (κ2) is 8.17. The second-order valence-electron chi connectivity index (χ2n) is 6.14. The molecule has 0 radical (unpaired) electrons. The molecule has 0 saturated carbocycles. The van der Waals surface area contributed by atoms with Gasteiger partial charge in [0.15, 0.2) is 5.69 Å². The fourth-order valence-corrected chi connectivity index (χ4v) is 2.82. The molecule has 2 heterocycles. The number of hydrogen-bond acceptors (Lipinski definition) is 5. The smallest absolute Gasteiger partial charge is 0.358 e. The molecule has 1 atom stereocenters. The Morgan fingerprint density at radius 3 is 2.54 bits per heavy atom. The molecule has 0 aliphatic carbocycles.